The first-order valence-corrected chi connectivity index (χ1v) is 7.91. The van der Waals surface area contributed by atoms with Gasteiger partial charge in [0.2, 0.25) is 0 Å². The van der Waals surface area contributed by atoms with Crippen molar-refractivity contribution in [1.29, 1.82) is 0 Å². The number of benzene rings is 2. The number of aromatic nitrogens is 1. The highest BCUT2D eigenvalue weighted by Crippen LogP contribution is 2.08. The molecule has 5 heteroatoms. The van der Waals surface area contributed by atoms with Crippen LogP contribution in [0.1, 0.15) is 21.5 Å². The molecule has 0 aliphatic carbocycles. The molecule has 0 fully saturated rings. The molecule has 0 atom stereocenters. The summed E-state index contributed by atoms with van der Waals surface area (Å²) < 4.78 is 1.09. The minimum absolute atomic E-state index is 0.0242. The highest BCUT2D eigenvalue weighted by molar-refractivity contribution is 6.03. The van der Waals surface area contributed by atoms with Crippen molar-refractivity contribution in [3.8, 4) is 0 Å². The summed E-state index contributed by atoms with van der Waals surface area (Å²) in [5.74, 6) is -0.468. The van der Waals surface area contributed by atoms with Gasteiger partial charge in [0.1, 0.15) is 12.2 Å². The molecular formula is C20H18N2O3. The number of rotatable bonds is 5. The highest BCUT2D eigenvalue weighted by Gasteiger charge is 2.13. The van der Waals surface area contributed by atoms with E-state index < -0.39 is 11.5 Å². The predicted molar refractivity (Wildman–Crippen MR) is 96.6 cm³/mol. The van der Waals surface area contributed by atoms with Gasteiger partial charge in [-0.15, -0.1) is 0 Å². The van der Waals surface area contributed by atoms with Crippen LogP contribution in [0, 0.1) is 6.92 Å². The van der Waals surface area contributed by atoms with Crippen molar-refractivity contribution in [3.63, 3.8) is 0 Å². The van der Waals surface area contributed by atoms with Crippen LogP contribution in [0.4, 0.5) is 5.69 Å². The van der Waals surface area contributed by atoms with E-state index in [0.717, 1.165) is 15.9 Å². The number of amides is 1. The fourth-order valence-electron chi connectivity index (χ4n) is 2.38. The first-order valence-electron chi connectivity index (χ1n) is 7.91. The zero-order valence-corrected chi connectivity index (χ0v) is 13.8. The largest absolute Gasteiger partial charge is 0.406 e. The van der Waals surface area contributed by atoms with E-state index in [1.807, 2.05) is 49.4 Å². The second-order valence-corrected chi connectivity index (χ2v) is 5.57. The third kappa shape index (κ3) is 3.95. The maximum absolute atomic E-state index is 12.5. The van der Waals surface area contributed by atoms with Crippen molar-refractivity contribution >= 4 is 11.6 Å². The summed E-state index contributed by atoms with van der Waals surface area (Å²) >= 11 is 0. The first-order chi connectivity index (χ1) is 12.1. The maximum atomic E-state index is 12.5. The number of para-hydroxylation sites is 1. The van der Waals surface area contributed by atoms with Crippen LogP contribution in [0.15, 0.2) is 77.7 Å². The lowest BCUT2D eigenvalue weighted by Crippen LogP contribution is -2.32. The number of nitrogens with zero attached hydrogens (tertiary/aromatic N) is 1. The van der Waals surface area contributed by atoms with Crippen LogP contribution in [0.3, 0.4) is 0 Å². The van der Waals surface area contributed by atoms with Crippen LogP contribution in [-0.4, -0.2) is 10.6 Å². The van der Waals surface area contributed by atoms with E-state index in [1.165, 1.54) is 12.3 Å². The third-order valence-electron chi connectivity index (χ3n) is 3.81. The minimum Gasteiger partial charge on any atom is -0.406 e. The van der Waals surface area contributed by atoms with Crippen LogP contribution in [-0.2, 0) is 6.61 Å². The summed E-state index contributed by atoms with van der Waals surface area (Å²) in [5.41, 5.74) is 2.21. The second-order valence-electron chi connectivity index (χ2n) is 5.57. The highest BCUT2D eigenvalue weighted by atomic mass is 16.7. The lowest BCUT2D eigenvalue weighted by Gasteiger charge is -2.11. The molecule has 3 aromatic rings. The van der Waals surface area contributed by atoms with Crippen LogP contribution >= 0.6 is 0 Å². The number of pyridine rings is 1. The van der Waals surface area contributed by atoms with E-state index >= 15 is 0 Å². The summed E-state index contributed by atoms with van der Waals surface area (Å²) in [4.78, 5) is 30.4. The summed E-state index contributed by atoms with van der Waals surface area (Å²) in [6.45, 7) is 2.22. The van der Waals surface area contributed by atoms with Gasteiger partial charge >= 0.3 is 0 Å². The molecule has 0 spiro atoms. The number of nitrogens with one attached hydrogen (secondary N) is 1. The Kier molecular flexibility index (Phi) is 4.95. The zero-order valence-electron chi connectivity index (χ0n) is 13.8. The van der Waals surface area contributed by atoms with Gasteiger partial charge in [-0.1, -0.05) is 42.5 Å². The Morgan fingerprint density at radius 1 is 1.00 bits per heavy atom. The van der Waals surface area contributed by atoms with Gasteiger partial charge in [0, 0.05) is 11.9 Å². The molecule has 0 radical (unpaired) electrons. The molecule has 0 unspecified atom stereocenters. The number of carbonyl (C=O) groups is 1. The minimum atomic E-state index is -0.496. The summed E-state index contributed by atoms with van der Waals surface area (Å²) in [6.07, 6.45) is 1.50. The van der Waals surface area contributed by atoms with Crippen molar-refractivity contribution in [2.75, 3.05) is 5.32 Å². The Hall–Kier alpha value is -3.34. The smallest absolute Gasteiger partial charge is 0.295 e. The molecule has 3 rings (SSSR count). The van der Waals surface area contributed by atoms with Crippen LogP contribution < -0.4 is 15.7 Å². The van der Waals surface area contributed by atoms with E-state index in [-0.39, 0.29) is 12.2 Å². The Balaban J connectivity index is 1.77. The van der Waals surface area contributed by atoms with Crippen LogP contribution in [0.2, 0.25) is 0 Å². The molecule has 0 saturated heterocycles. The molecule has 0 bridgehead atoms. The van der Waals surface area contributed by atoms with Crippen molar-refractivity contribution in [2.24, 2.45) is 0 Å². The number of aryl methyl sites for hydroxylation is 1. The molecule has 1 N–H and O–H groups in total. The molecule has 5 nitrogen and oxygen atoms in total. The van der Waals surface area contributed by atoms with E-state index in [0.29, 0.717) is 5.69 Å². The zero-order chi connectivity index (χ0) is 17.6. The Labute approximate surface area is 145 Å². The Bertz CT molecular complexity index is 933. The second kappa shape index (κ2) is 7.49. The van der Waals surface area contributed by atoms with E-state index in [4.69, 9.17) is 4.84 Å². The number of anilines is 1. The molecular weight excluding hydrogens is 316 g/mol. The molecule has 1 aromatic heterocycles. The molecule has 2 aromatic carbocycles. The van der Waals surface area contributed by atoms with Gasteiger partial charge in [0.25, 0.3) is 11.5 Å². The van der Waals surface area contributed by atoms with Gasteiger partial charge in [0.05, 0.1) is 0 Å². The number of hydrogen-bond acceptors (Lipinski definition) is 3. The van der Waals surface area contributed by atoms with E-state index in [2.05, 4.69) is 5.32 Å². The summed E-state index contributed by atoms with van der Waals surface area (Å²) in [7, 11) is 0. The predicted octanol–water partition coefficient (Wildman–Crippen LogP) is 3.04. The quantitative estimate of drug-likeness (QED) is 0.780. The van der Waals surface area contributed by atoms with Crippen molar-refractivity contribution < 1.29 is 9.63 Å². The molecule has 0 aliphatic rings. The van der Waals surface area contributed by atoms with E-state index in [9.17, 15) is 9.59 Å². The molecule has 1 amide bonds. The fourth-order valence-corrected chi connectivity index (χ4v) is 2.38. The Morgan fingerprint density at radius 2 is 1.72 bits per heavy atom. The molecule has 126 valence electrons. The summed E-state index contributed by atoms with van der Waals surface area (Å²) in [6, 6.07) is 19.9. The van der Waals surface area contributed by atoms with Gasteiger partial charge in [-0.2, -0.15) is 4.73 Å². The number of hydrogen-bond donors (Lipinski definition) is 1. The maximum Gasteiger partial charge on any atom is 0.295 e. The van der Waals surface area contributed by atoms with Crippen molar-refractivity contribution in [3.05, 3.63) is 100.0 Å². The van der Waals surface area contributed by atoms with Crippen molar-refractivity contribution in [1.82, 2.24) is 4.73 Å². The fraction of sp³-hybridized carbons (Fsp3) is 0.100. The van der Waals surface area contributed by atoms with Gasteiger partial charge in [-0.25, -0.2) is 0 Å². The average molecular weight is 334 g/mol. The Morgan fingerprint density at radius 3 is 2.48 bits per heavy atom. The average Bonchev–Trinajstić information content (AvgIpc) is 2.63. The standard InChI is InChI=1S/C20H18N2O3/c1-15-8-5-6-9-16(15)14-25-22-13-7-12-18(20(22)24)19(23)21-17-10-3-2-4-11-17/h2-13H,14H2,1H3,(H,21,23). The normalized spacial score (nSPS) is 10.3. The first kappa shape index (κ1) is 16.5. The van der Waals surface area contributed by atoms with Gasteiger partial charge in [-0.3, -0.25) is 9.59 Å². The van der Waals surface area contributed by atoms with Gasteiger partial charge in [-0.05, 0) is 42.3 Å². The van der Waals surface area contributed by atoms with E-state index in [1.54, 1.807) is 18.2 Å². The number of carbonyl (C=O) groups excluding carboxylic acids is 1. The lowest BCUT2D eigenvalue weighted by molar-refractivity contribution is 0.0861. The third-order valence-corrected chi connectivity index (χ3v) is 3.81. The molecule has 1 heterocycles. The van der Waals surface area contributed by atoms with Crippen molar-refractivity contribution in [2.45, 2.75) is 13.5 Å². The SMILES string of the molecule is Cc1ccccc1COn1cccc(C(=O)Nc2ccccc2)c1=O. The molecule has 0 saturated carbocycles. The van der Waals surface area contributed by atoms with Crippen LogP contribution in [0.5, 0.6) is 0 Å². The van der Waals surface area contributed by atoms with Gasteiger partial charge < -0.3 is 10.2 Å². The summed E-state index contributed by atoms with van der Waals surface area (Å²) in [5, 5.41) is 2.70. The topological polar surface area (TPSA) is 60.3 Å². The molecule has 0 aliphatic heterocycles. The monoisotopic (exact) mass is 334 g/mol. The molecule has 25 heavy (non-hydrogen) atoms. The van der Waals surface area contributed by atoms with Crippen LogP contribution in [0.25, 0.3) is 0 Å². The lowest BCUT2D eigenvalue weighted by atomic mass is 10.1. The van der Waals surface area contributed by atoms with Gasteiger partial charge in [0.15, 0.2) is 0 Å².